The molecular weight excluding hydrogens is 160 g/mol. The lowest BCUT2D eigenvalue weighted by Crippen LogP contribution is -2.48. The van der Waals surface area contributed by atoms with E-state index >= 15 is 0 Å². The summed E-state index contributed by atoms with van der Waals surface area (Å²) in [6, 6.07) is 0. The number of carbonyl (C=O) groups excluding carboxylic acids is 1. The fraction of sp³-hybridized carbons (Fsp3) is 0.857. The Balaban J connectivity index is 2.12. The van der Waals surface area contributed by atoms with Gasteiger partial charge < -0.3 is 10.6 Å². The third-order valence-corrected chi connectivity index (χ3v) is 3.79. The second-order valence-corrected chi connectivity index (χ2v) is 4.50. The van der Waals surface area contributed by atoms with E-state index in [-0.39, 0.29) is 10.7 Å². The monoisotopic (exact) mass is 172 g/mol. The van der Waals surface area contributed by atoms with E-state index in [1.54, 1.807) is 11.8 Å². The molecule has 62 valence electrons. The van der Waals surface area contributed by atoms with E-state index in [1.165, 1.54) is 0 Å². The quantitative estimate of drug-likeness (QED) is 0.521. The Morgan fingerprint density at radius 3 is 2.91 bits per heavy atom. The van der Waals surface area contributed by atoms with E-state index in [4.69, 9.17) is 0 Å². The predicted octanol–water partition coefficient (Wildman–Crippen LogP) is -0.419. The Bertz CT molecular complexity index is 177. The largest absolute Gasteiger partial charge is 0.355 e. The molecule has 11 heavy (non-hydrogen) atoms. The zero-order valence-corrected chi connectivity index (χ0v) is 7.17. The smallest absolute Gasteiger partial charge is 0.237 e. The topological polar surface area (TPSA) is 41.1 Å². The van der Waals surface area contributed by atoms with E-state index < -0.39 is 0 Å². The van der Waals surface area contributed by atoms with Gasteiger partial charge in [-0.2, -0.15) is 0 Å². The van der Waals surface area contributed by atoms with Crippen molar-refractivity contribution in [3.63, 3.8) is 0 Å². The molecule has 2 fully saturated rings. The van der Waals surface area contributed by atoms with Crippen LogP contribution in [0.5, 0.6) is 0 Å². The van der Waals surface area contributed by atoms with Crippen molar-refractivity contribution in [1.29, 1.82) is 0 Å². The molecule has 4 heteroatoms. The van der Waals surface area contributed by atoms with E-state index in [1.807, 2.05) is 0 Å². The van der Waals surface area contributed by atoms with Crippen LogP contribution in [0.15, 0.2) is 0 Å². The zero-order chi connectivity index (χ0) is 7.73. The lowest BCUT2D eigenvalue weighted by atomic mass is 10.1. The lowest BCUT2D eigenvalue weighted by Gasteiger charge is -2.30. The lowest BCUT2D eigenvalue weighted by molar-refractivity contribution is -0.121. The Labute approximate surface area is 70.3 Å². The standard InChI is InChI=1S/C7H12N2OS/c10-6-7(1-2-9-6)5-8-3-4-11-7/h8H,1-5H2,(H,9,10). The molecule has 0 aromatic carbocycles. The van der Waals surface area contributed by atoms with Crippen molar-refractivity contribution in [2.45, 2.75) is 11.2 Å². The van der Waals surface area contributed by atoms with Gasteiger partial charge in [-0.3, -0.25) is 4.79 Å². The van der Waals surface area contributed by atoms with Crippen LogP contribution in [0.1, 0.15) is 6.42 Å². The van der Waals surface area contributed by atoms with Crippen LogP contribution in [0.2, 0.25) is 0 Å². The van der Waals surface area contributed by atoms with E-state index in [9.17, 15) is 4.79 Å². The van der Waals surface area contributed by atoms with Crippen molar-refractivity contribution in [2.75, 3.05) is 25.4 Å². The average Bonchev–Trinajstić information content (AvgIpc) is 2.36. The normalized spacial score (nSPS) is 37.6. The van der Waals surface area contributed by atoms with Crippen molar-refractivity contribution in [3.05, 3.63) is 0 Å². The van der Waals surface area contributed by atoms with Crippen LogP contribution >= 0.6 is 11.8 Å². The van der Waals surface area contributed by atoms with Gasteiger partial charge in [0.15, 0.2) is 0 Å². The van der Waals surface area contributed by atoms with Gasteiger partial charge in [0.1, 0.15) is 4.75 Å². The van der Waals surface area contributed by atoms with Crippen LogP contribution in [0.3, 0.4) is 0 Å². The number of thioether (sulfide) groups is 1. The Hall–Kier alpha value is -0.220. The first kappa shape index (κ1) is 7.43. The minimum absolute atomic E-state index is 0.113. The first-order valence-electron chi connectivity index (χ1n) is 3.96. The number of carbonyl (C=O) groups is 1. The van der Waals surface area contributed by atoms with Gasteiger partial charge in [-0.25, -0.2) is 0 Å². The molecule has 2 saturated heterocycles. The number of nitrogens with one attached hydrogen (secondary N) is 2. The molecule has 0 aromatic heterocycles. The highest BCUT2D eigenvalue weighted by atomic mass is 32.2. The fourth-order valence-corrected chi connectivity index (χ4v) is 2.91. The SMILES string of the molecule is O=C1NCCC12CNCCS2. The van der Waals surface area contributed by atoms with Crippen molar-refractivity contribution in [3.8, 4) is 0 Å². The Kier molecular flexibility index (Phi) is 1.81. The van der Waals surface area contributed by atoms with Gasteiger partial charge in [0.05, 0.1) is 0 Å². The molecule has 2 aliphatic heterocycles. The first-order valence-corrected chi connectivity index (χ1v) is 4.95. The highest BCUT2D eigenvalue weighted by Gasteiger charge is 2.43. The minimum atomic E-state index is -0.113. The molecule has 0 saturated carbocycles. The first-order chi connectivity index (χ1) is 5.33. The molecule has 2 N–H and O–H groups in total. The van der Waals surface area contributed by atoms with Crippen molar-refractivity contribution in [1.82, 2.24) is 10.6 Å². The Morgan fingerprint density at radius 1 is 1.45 bits per heavy atom. The second-order valence-electron chi connectivity index (χ2n) is 3.03. The number of hydrogen-bond acceptors (Lipinski definition) is 3. The van der Waals surface area contributed by atoms with Crippen LogP contribution in [0.4, 0.5) is 0 Å². The molecule has 1 unspecified atom stereocenters. The van der Waals surface area contributed by atoms with Gasteiger partial charge in [-0.15, -0.1) is 11.8 Å². The highest BCUT2D eigenvalue weighted by Crippen LogP contribution is 2.33. The number of amides is 1. The minimum Gasteiger partial charge on any atom is -0.355 e. The van der Waals surface area contributed by atoms with Crippen molar-refractivity contribution in [2.24, 2.45) is 0 Å². The molecule has 0 aliphatic carbocycles. The molecule has 2 rings (SSSR count). The Morgan fingerprint density at radius 2 is 2.36 bits per heavy atom. The summed E-state index contributed by atoms with van der Waals surface area (Å²) in [6.07, 6.45) is 0.990. The van der Waals surface area contributed by atoms with E-state index in [0.717, 1.165) is 31.8 Å². The summed E-state index contributed by atoms with van der Waals surface area (Å²) in [5, 5.41) is 6.15. The second kappa shape index (κ2) is 2.68. The molecule has 0 radical (unpaired) electrons. The summed E-state index contributed by atoms with van der Waals surface area (Å²) >= 11 is 1.81. The van der Waals surface area contributed by atoms with Gasteiger partial charge in [-0.1, -0.05) is 0 Å². The number of rotatable bonds is 0. The van der Waals surface area contributed by atoms with Crippen LogP contribution < -0.4 is 10.6 Å². The van der Waals surface area contributed by atoms with Crippen LogP contribution in [0, 0.1) is 0 Å². The summed E-state index contributed by atoms with van der Waals surface area (Å²) in [5.41, 5.74) is 0. The van der Waals surface area contributed by atoms with Gasteiger partial charge in [0.2, 0.25) is 5.91 Å². The van der Waals surface area contributed by atoms with Gasteiger partial charge in [0, 0.05) is 25.4 Å². The molecule has 0 aromatic rings. The highest BCUT2D eigenvalue weighted by molar-refractivity contribution is 8.01. The maximum Gasteiger partial charge on any atom is 0.237 e. The van der Waals surface area contributed by atoms with Gasteiger partial charge in [0.25, 0.3) is 0 Å². The summed E-state index contributed by atoms with van der Waals surface area (Å²) in [4.78, 5) is 11.4. The van der Waals surface area contributed by atoms with Crippen LogP contribution in [-0.2, 0) is 4.79 Å². The van der Waals surface area contributed by atoms with Gasteiger partial charge >= 0.3 is 0 Å². The average molecular weight is 172 g/mol. The summed E-state index contributed by atoms with van der Waals surface area (Å²) in [5.74, 6) is 1.29. The molecule has 3 nitrogen and oxygen atoms in total. The van der Waals surface area contributed by atoms with Crippen molar-refractivity contribution >= 4 is 17.7 Å². The molecule has 2 aliphatic rings. The third-order valence-electron chi connectivity index (χ3n) is 2.30. The molecule has 1 amide bonds. The number of hydrogen-bond donors (Lipinski definition) is 2. The molecule has 1 spiro atoms. The molecule has 2 heterocycles. The fourth-order valence-electron chi connectivity index (χ4n) is 1.62. The maximum atomic E-state index is 11.4. The van der Waals surface area contributed by atoms with E-state index in [2.05, 4.69) is 10.6 Å². The molecule has 1 atom stereocenters. The maximum absolute atomic E-state index is 11.4. The van der Waals surface area contributed by atoms with Gasteiger partial charge in [-0.05, 0) is 6.42 Å². The van der Waals surface area contributed by atoms with Crippen LogP contribution in [-0.4, -0.2) is 36.0 Å². The zero-order valence-electron chi connectivity index (χ0n) is 6.35. The van der Waals surface area contributed by atoms with E-state index in [0.29, 0.717) is 0 Å². The molecule has 0 bridgehead atoms. The third kappa shape index (κ3) is 1.14. The van der Waals surface area contributed by atoms with Crippen molar-refractivity contribution < 1.29 is 4.79 Å². The van der Waals surface area contributed by atoms with Crippen LogP contribution in [0.25, 0.3) is 0 Å². The summed E-state index contributed by atoms with van der Waals surface area (Å²) in [6.45, 7) is 2.75. The summed E-state index contributed by atoms with van der Waals surface area (Å²) < 4.78 is -0.113. The molecular formula is C7H12N2OS. The summed E-state index contributed by atoms with van der Waals surface area (Å²) in [7, 11) is 0. The predicted molar refractivity (Wildman–Crippen MR) is 45.7 cm³/mol.